The number of anilines is 1. The topological polar surface area (TPSA) is 61.0 Å². The molecule has 0 aliphatic carbocycles. The molecule has 2 rings (SSSR count). The van der Waals surface area contributed by atoms with E-state index in [0.29, 0.717) is 22.8 Å². The summed E-state index contributed by atoms with van der Waals surface area (Å²) in [6, 6.07) is 9.58. The van der Waals surface area contributed by atoms with Crippen molar-refractivity contribution in [2.45, 2.75) is 24.9 Å². The number of benzene rings is 1. The molecule has 1 aromatic heterocycles. The van der Waals surface area contributed by atoms with Gasteiger partial charge in [-0.25, -0.2) is 4.98 Å². The Balaban J connectivity index is 2.33. The fourth-order valence-electron chi connectivity index (χ4n) is 1.73. The van der Waals surface area contributed by atoms with Crippen molar-refractivity contribution in [1.82, 2.24) is 9.97 Å². The molecule has 0 spiro atoms. The van der Waals surface area contributed by atoms with Crippen LogP contribution in [0.2, 0.25) is 0 Å². The Morgan fingerprint density at radius 2 is 1.95 bits per heavy atom. The molecule has 1 aromatic carbocycles. The van der Waals surface area contributed by atoms with Gasteiger partial charge in [-0.15, -0.1) is 0 Å². The average molecular weight is 275 g/mol. The van der Waals surface area contributed by atoms with Gasteiger partial charge in [0.25, 0.3) is 0 Å². The van der Waals surface area contributed by atoms with E-state index in [1.54, 1.807) is 6.07 Å². The summed E-state index contributed by atoms with van der Waals surface area (Å²) in [6.45, 7) is 4.26. The number of thioether (sulfide) groups is 1. The van der Waals surface area contributed by atoms with E-state index in [0.717, 1.165) is 11.3 Å². The van der Waals surface area contributed by atoms with E-state index in [2.05, 4.69) is 29.9 Å². The summed E-state index contributed by atoms with van der Waals surface area (Å²) < 4.78 is 5.85. The molecule has 0 atom stereocenters. The van der Waals surface area contributed by atoms with Crippen LogP contribution >= 0.6 is 11.8 Å². The highest BCUT2D eigenvalue weighted by Crippen LogP contribution is 2.30. The third-order valence-electron chi connectivity index (χ3n) is 2.64. The first-order valence-electron chi connectivity index (χ1n) is 6.05. The van der Waals surface area contributed by atoms with Crippen LogP contribution in [0.1, 0.15) is 25.3 Å². The van der Waals surface area contributed by atoms with E-state index < -0.39 is 0 Å². The molecule has 0 saturated heterocycles. The Kier molecular flexibility index (Phi) is 4.27. The maximum Gasteiger partial charge on any atom is 0.225 e. The van der Waals surface area contributed by atoms with Gasteiger partial charge in [-0.3, -0.25) is 0 Å². The van der Waals surface area contributed by atoms with E-state index in [9.17, 15) is 0 Å². The van der Waals surface area contributed by atoms with Crippen LogP contribution in [-0.4, -0.2) is 16.2 Å². The monoisotopic (exact) mass is 275 g/mol. The SMILES string of the molecule is CSc1nc(N)cc(Oc2ccccc2C(C)C)n1. The lowest BCUT2D eigenvalue weighted by Crippen LogP contribution is -1.99. The molecule has 0 unspecified atom stereocenters. The fourth-order valence-corrected chi connectivity index (χ4v) is 2.11. The van der Waals surface area contributed by atoms with Crippen LogP contribution in [0.25, 0.3) is 0 Å². The van der Waals surface area contributed by atoms with Gasteiger partial charge >= 0.3 is 0 Å². The van der Waals surface area contributed by atoms with E-state index in [1.165, 1.54) is 11.8 Å². The minimum atomic E-state index is 0.385. The summed E-state index contributed by atoms with van der Waals surface area (Å²) in [6.07, 6.45) is 1.90. The Hall–Kier alpha value is -1.75. The van der Waals surface area contributed by atoms with E-state index in [4.69, 9.17) is 10.5 Å². The van der Waals surface area contributed by atoms with Crippen LogP contribution in [0.5, 0.6) is 11.6 Å². The summed E-state index contributed by atoms with van der Waals surface area (Å²) in [4.78, 5) is 8.40. The number of aromatic nitrogens is 2. The summed E-state index contributed by atoms with van der Waals surface area (Å²) >= 11 is 1.44. The smallest absolute Gasteiger partial charge is 0.225 e. The minimum Gasteiger partial charge on any atom is -0.439 e. The zero-order valence-electron chi connectivity index (χ0n) is 11.3. The summed E-state index contributed by atoms with van der Waals surface area (Å²) in [5.74, 6) is 2.08. The van der Waals surface area contributed by atoms with E-state index in [1.807, 2.05) is 24.5 Å². The molecule has 0 aliphatic heterocycles. The molecule has 19 heavy (non-hydrogen) atoms. The highest BCUT2D eigenvalue weighted by Gasteiger charge is 2.10. The molecule has 0 fully saturated rings. The quantitative estimate of drug-likeness (QED) is 0.681. The van der Waals surface area contributed by atoms with Gasteiger partial charge in [0.15, 0.2) is 5.16 Å². The largest absolute Gasteiger partial charge is 0.439 e. The van der Waals surface area contributed by atoms with Crippen molar-refractivity contribution in [1.29, 1.82) is 0 Å². The molecule has 100 valence electrons. The van der Waals surface area contributed by atoms with Crippen molar-refractivity contribution in [2.24, 2.45) is 0 Å². The highest BCUT2D eigenvalue weighted by molar-refractivity contribution is 7.98. The molecule has 0 bridgehead atoms. The van der Waals surface area contributed by atoms with Crippen LogP contribution in [0.4, 0.5) is 5.82 Å². The van der Waals surface area contributed by atoms with Crippen molar-refractivity contribution >= 4 is 17.6 Å². The van der Waals surface area contributed by atoms with Crippen molar-refractivity contribution in [3.8, 4) is 11.6 Å². The first-order valence-corrected chi connectivity index (χ1v) is 7.28. The summed E-state index contributed by atoms with van der Waals surface area (Å²) in [5, 5.41) is 0.608. The van der Waals surface area contributed by atoms with E-state index >= 15 is 0 Å². The second kappa shape index (κ2) is 5.93. The summed E-state index contributed by atoms with van der Waals surface area (Å²) in [7, 11) is 0. The number of rotatable bonds is 4. The van der Waals surface area contributed by atoms with Gasteiger partial charge in [0.1, 0.15) is 11.6 Å². The zero-order valence-corrected chi connectivity index (χ0v) is 12.1. The second-order valence-corrected chi connectivity index (χ2v) is 5.19. The predicted octanol–water partition coefficient (Wildman–Crippen LogP) is 3.70. The van der Waals surface area contributed by atoms with Gasteiger partial charge < -0.3 is 10.5 Å². The number of para-hydroxylation sites is 1. The van der Waals surface area contributed by atoms with Gasteiger partial charge in [-0.1, -0.05) is 43.8 Å². The Morgan fingerprint density at radius 1 is 1.21 bits per heavy atom. The maximum atomic E-state index is 5.85. The molecule has 1 heterocycles. The van der Waals surface area contributed by atoms with Crippen molar-refractivity contribution in [3.05, 3.63) is 35.9 Å². The molecule has 0 radical (unpaired) electrons. The number of nitrogens with zero attached hydrogens (tertiary/aromatic N) is 2. The lowest BCUT2D eigenvalue weighted by Gasteiger charge is -2.13. The standard InChI is InChI=1S/C14H17N3OS/c1-9(2)10-6-4-5-7-11(10)18-13-8-12(15)16-14(17-13)19-3/h4-9H,1-3H3,(H2,15,16,17). The molecule has 0 amide bonds. The van der Waals surface area contributed by atoms with Crippen molar-refractivity contribution < 1.29 is 4.74 Å². The van der Waals surface area contributed by atoms with Crippen LogP contribution in [0, 0.1) is 0 Å². The number of hydrogen-bond donors (Lipinski definition) is 1. The lowest BCUT2D eigenvalue weighted by atomic mass is 10.0. The third-order valence-corrected chi connectivity index (χ3v) is 3.19. The van der Waals surface area contributed by atoms with Crippen LogP contribution < -0.4 is 10.5 Å². The van der Waals surface area contributed by atoms with Gasteiger partial charge in [-0.05, 0) is 23.8 Å². The molecule has 2 N–H and O–H groups in total. The molecule has 2 aromatic rings. The second-order valence-electron chi connectivity index (χ2n) is 4.41. The fraction of sp³-hybridized carbons (Fsp3) is 0.286. The third kappa shape index (κ3) is 3.38. The Bertz CT molecular complexity index is 572. The van der Waals surface area contributed by atoms with Crippen LogP contribution in [-0.2, 0) is 0 Å². The summed E-state index contributed by atoms with van der Waals surface area (Å²) in [5.41, 5.74) is 6.89. The minimum absolute atomic E-state index is 0.385. The average Bonchev–Trinajstić information content (AvgIpc) is 2.38. The van der Waals surface area contributed by atoms with E-state index in [-0.39, 0.29) is 0 Å². The normalized spacial score (nSPS) is 10.7. The van der Waals surface area contributed by atoms with Crippen LogP contribution in [0.15, 0.2) is 35.5 Å². The molecule has 0 aliphatic rings. The Morgan fingerprint density at radius 3 is 2.63 bits per heavy atom. The number of nitrogen functional groups attached to an aromatic ring is 1. The van der Waals surface area contributed by atoms with Gasteiger partial charge in [0.2, 0.25) is 5.88 Å². The first kappa shape index (κ1) is 13.7. The number of hydrogen-bond acceptors (Lipinski definition) is 5. The predicted molar refractivity (Wildman–Crippen MR) is 78.8 cm³/mol. The lowest BCUT2D eigenvalue weighted by molar-refractivity contribution is 0.448. The maximum absolute atomic E-state index is 5.85. The molecule has 0 saturated carbocycles. The zero-order chi connectivity index (χ0) is 13.8. The number of nitrogens with two attached hydrogens (primary N) is 1. The van der Waals surface area contributed by atoms with Crippen LogP contribution in [0.3, 0.4) is 0 Å². The van der Waals surface area contributed by atoms with Crippen molar-refractivity contribution in [2.75, 3.05) is 12.0 Å². The molecular weight excluding hydrogens is 258 g/mol. The number of ether oxygens (including phenoxy) is 1. The molecule has 4 nitrogen and oxygen atoms in total. The first-order chi connectivity index (χ1) is 9.10. The Labute approximate surface area is 117 Å². The highest BCUT2D eigenvalue weighted by atomic mass is 32.2. The van der Waals surface area contributed by atoms with Crippen molar-refractivity contribution in [3.63, 3.8) is 0 Å². The van der Waals surface area contributed by atoms with Gasteiger partial charge in [-0.2, -0.15) is 4.98 Å². The molecular formula is C14H17N3OS. The van der Waals surface area contributed by atoms with Gasteiger partial charge in [0.05, 0.1) is 0 Å². The van der Waals surface area contributed by atoms with Gasteiger partial charge in [0, 0.05) is 6.07 Å². The molecule has 5 heteroatoms.